The number of tetrazole rings is 1. The van der Waals surface area contributed by atoms with Gasteiger partial charge in [-0.1, -0.05) is 6.92 Å². The standard InChI is InChI=1S/C15H18N6O3S/c1-4-5-21-11(17-18-19-21)7-24-12(22)6-20-8-16-14-13(15(20)23)9(2)10(3)25-14/h8H,4-7H2,1-3H3. The molecule has 9 nitrogen and oxygen atoms in total. The highest BCUT2D eigenvalue weighted by Gasteiger charge is 2.15. The number of fused-ring (bicyclic) bond motifs is 1. The first-order chi connectivity index (χ1) is 12.0. The van der Waals surface area contributed by atoms with Crippen molar-refractivity contribution in [3.8, 4) is 0 Å². The third-order valence-electron chi connectivity index (χ3n) is 3.86. The van der Waals surface area contributed by atoms with Crippen LogP contribution in [0.2, 0.25) is 0 Å². The van der Waals surface area contributed by atoms with E-state index in [2.05, 4.69) is 20.5 Å². The molecule has 0 radical (unpaired) electrons. The summed E-state index contributed by atoms with van der Waals surface area (Å²) in [6.07, 6.45) is 2.24. The van der Waals surface area contributed by atoms with Crippen molar-refractivity contribution in [3.63, 3.8) is 0 Å². The van der Waals surface area contributed by atoms with Crippen LogP contribution in [0.1, 0.15) is 29.6 Å². The van der Waals surface area contributed by atoms with Crippen molar-refractivity contribution in [2.45, 2.75) is 46.9 Å². The highest BCUT2D eigenvalue weighted by Crippen LogP contribution is 2.25. The lowest BCUT2D eigenvalue weighted by atomic mass is 10.2. The molecule has 0 N–H and O–H groups in total. The highest BCUT2D eigenvalue weighted by atomic mass is 32.1. The van der Waals surface area contributed by atoms with Gasteiger partial charge in [-0.2, -0.15) is 0 Å². The van der Waals surface area contributed by atoms with Gasteiger partial charge in [0.1, 0.15) is 11.4 Å². The summed E-state index contributed by atoms with van der Waals surface area (Å²) in [5, 5.41) is 11.8. The Kier molecular flexibility index (Phi) is 4.88. The molecule has 0 amide bonds. The Bertz CT molecular complexity index is 973. The van der Waals surface area contributed by atoms with E-state index in [0.717, 1.165) is 16.9 Å². The van der Waals surface area contributed by atoms with Gasteiger partial charge in [0.05, 0.1) is 11.7 Å². The van der Waals surface area contributed by atoms with Crippen LogP contribution in [0.25, 0.3) is 10.2 Å². The molecule has 10 heteroatoms. The number of carbonyl (C=O) groups is 1. The number of ether oxygens (including phenoxy) is 1. The van der Waals surface area contributed by atoms with Gasteiger partial charge in [0.2, 0.25) is 0 Å². The van der Waals surface area contributed by atoms with E-state index in [9.17, 15) is 9.59 Å². The third kappa shape index (κ3) is 3.43. The summed E-state index contributed by atoms with van der Waals surface area (Å²) >= 11 is 1.47. The quantitative estimate of drug-likeness (QED) is 0.607. The number of nitrogens with zero attached hydrogens (tertiary/aromatic N) is 6. The number of aryl methyl sites for hydroxylation is 3. The molecule has 0 unspecified atom stereocenters. The van der Waals surface area contributed by atoms with Gasteiger partial charge in [-0.25, -0.2) is 9.67 Å². The SMILES string of the molecule is CCCn1nnnc1COC(=O)Cn1cnc2sc(C)c(C)c2c1=O. The number of carbonyl (C=O) groups excluding carboxylic acids is 1. The summed E-state index contributed by atoms with van der Waals surface area (Å²) in [6.45, 7) is 6.24. The number of thiophene rings is 1. The minimum atomic E-state index is -0.543. The predicted octanol–water partition coefficient (Wildman–Crippen LogP) is 1.21. The van der Waals surface area contributed by atoms with Crippen LogP contribution in [-0.2, 0) is 29.2 Å². The zero-order valence-electron chi connectivity index (χ0n) is 14.2. The molecule has 132 valence electrons. The summed E-state index contributed by atoms with van der Waals surface area (Å²) in [5.74, 6) is -0.0701. The van der Waals surface area contributed by atoms with Crippen molar-refractivity contribution in [1.82, 2.24) is 29.8 Å². The van der Waals surface area contributed by atoms with Crippen LogP contribution < -0.4 is 5.56 Å². The zero-order chi connectivity index (χ0) is 18.0. The summed E-state index contributed by atoms with van der Waals surface area (Å²) in [7, 11) is 0. The van der Waals surface area contributed by atoms with Crippen LogP contribution in [0.4, 0.5) is 0 Å². The van der Waals surface area contributed by atoms with Crippen LogP contribution in [0.15, 0.2) is 11.1 Å². The normalized spacial score (nSPS) is 11.2. The van der Waals surface area contributed by atoms with Gasteiger partial charge in [0.25, 0.3) is 5.56 Å². The maximum absolute atomic E-state index is 12.6. The van der Waals surface area contributed by atoms with Crippen molar-refractivity contribution in [2.75, 3.05) is 0 Å². The summed E-state index contributed by atoms with van der Waals surface area (Å²) in [4.78, 5) is 30.6. The first-order valence-electron chi connectivity index (χ1n) is 7.87. The van der Waals surface area contributed by atoms with E-state index in [4.69, 9.17) is 4.74 Å². The second kappa shape index (κ2) is 7.09. The first-order valence-corrected chi connectivity index (χ1v) is 8.68. The molecule has 0 aliphatic carbocycles. The van der Waals surface area contributed by atoms with Crippen LogP contribution in [-0.4, -0.2) is 35.7 Å². The molecule has 0 saturated heterocycles. The number of rotatable bonds is 6. The Hall–Kier alpha value is -2.62. The fraction of sp³-hybridized carbons (Fsp3) is 0.467. The van der Waals surface area contributed by atoms with Gasteiger partial charge >= 0.3 is 5.97 Å². The smallest absolute Gasteiger partial charge is 0.326 e. The Morgan fingerprint density at radius 3 is 2.92 bits per heavy atom. The third-order valence-corrected chi connectivity index (χ3v) is 4.97. The Morgan fingerprint density at radius 1 is 1.36 bits per heavy atom. The second-order valence-electron chi connectivity index (χ2n) is 5.62. The molecule has 0 aliphatic rings. The van der Waals surface area contributed by atoms with Gasteiger partial charge in [-0.15, -0.1) is 16.4 Å². The molecule has 0 bridgehead atoms. The number of aromatic nitrogens is 6. The summed E-state index contributed by atoms with van der Waals surface area (Å²) < 4.78 is 8.04. The van der Waals surface area contributed by atoms with E-state index >= 15 is 0 Å². The fourth-order valence-corrected chi connectivity index (χ4v) is 3.41. The lowest BCUT2D eigenvalue weighted by Crippen LogP contribution is -2.26. The van der Waals surface area contributed by atoms with Crippen molar-refractivity contribution in [1.29, 1.82) is 0 Å². The molecule has 0 fully saturated rings. The molecular weight excluding hydrogens is 344 g/mol. The molecule has 25 heavy (non-hydrogen) atoms. The molecular formula is C15H18N6O3S. The van der Waals surface area contributed by atoms with E-state index in [1.54, 1.807) is 4.68 Å². The summed E-state index contributed by atoms with van der Waals surface area (Å²) in [6, 6.07) is 0. The second-order valence-corrected chi connectivity index (χ2v) is 6.82. The Balaban J connectivity index is 1.72. The van der Waals surface area contributed by atoms with Gasteiger partial charge < -0.3 is 4.74 Å². The van der Waals surface area contributed by atoms with Gasteiger partial charge in [0.15, 0.2) is 12.4 Å². The van der Waals surface area contributed by atoms with Crippen molar-refractivity contribution < 1.29 is 9.53 Å². The van der Waals surface area contributed by atoms with Crippen LogP contribution in [0, 0.1) is 13.8 Å². The van der Waals surface area contributed by atoms with Crippen LogP contribution in [0.3, 0.4) is 0 Å². The molecule has 3 aromatic rings. The van der Waals surface area contributed by atoms with E-state index in [1.165, 1.54) is 22.2 Å². The van der Waals surface area contributed by atoms with E-state index in [-0.39, 0.29) is 18.7 Å². The highest BCUT2D eigenvalue weighted by molar-refractivity contribution is 7.18. The first kappa shape index (κ1) is 17.2. The zero-order valence-corrected chi connectivity index (χ0v) is 15.0. The molecule has 0 saturated carbocycles. The largest absolute Gasteiger partial charge is 0.456 e. The van der Waals surface area contributed by atoms with Gasteiger partial charge in [-0.3, -0.25) is 14.2 Å². The van der Waals surface area contributed by atoms with Crippen molar-refractivity contribution >= 4 is 27.5 Å². The van der Waals surface area contributed by atoms with E-state index < -0.39 is 5.97 Å². The monoisotopic (exact) mass is 362 g/mol. The van der Waals surface area contributed by atoms with E-state index in [1.807, 2.05) is 20.8 Å². The minimum absolute atomic E-state index is 0.0349. The number of hydrogen-bond acceptors (Lipinski definition) is 8. The molecule has 0 spiro atoms. The average Bonchev–Trinajstić information content (AvgIpc) is 3.14. The maximum Gasteiger partial charge on any atom is 0.326 e. The van der Waals surface area contributed by atoms with Crippen molar-refractivity contribution in [2.24, 2.45) is 0 Å². The molecule has 0 aromatic carbocycles. The summed E-state index contributed by atoms with van der Waals surface area (Å²) in [5.41, 5.74) is 0.665. The predicted molar refractivity (Wildman–Crippen MR) is 91.3 cm³/mol. The van der Waals surface area contributed by atoms with E-state index in [0.29, 0.717) is 22.6 Å². The lowest BCUT2D eigenvalue weighted by molar-refractivity contribution is -0.146. The Labute approximate surface area is 147 Å². The molecule has 3 aromatic heterocycles. The number of esters is 1. The maximum atomic E-state index is 12.6. The molecule has 3 rings (SSSR count). The van der Waals surface area contributed by atoms with Crippen LogP contribution in [0.5, 0.6) is 0 Å². The van der Waals surface area contributed by atoms with Gasteiger partial charge in [0, 0.05) is 11.4 Å². The minimum Gasteiger partial charge on any atom is -0.456 e. The topological polar surface area (TPSA) is 105 Å². The molecule has 0 aliphatic heterocycles. The van der Waals surface area contributed by atoms with Crippen molar-refractivity contribution in [3.05, 3.63) is 32.9 Å². The molecule has 3 heterocycles. The fourth-order valence-electron chi connectivity index (χ4n) is 2.42. The lowest BCUT2D eigenvalue weighted by Gasteiger charge is -2.07. The number of hydrogen-bond donors (Lipinski definition) is 0. The van der Waals surface area contributed by atoms with Crippen LogP contribution >= 0.6 is 11.3 Å². The molecule has 0 atom stereocenters. The Morgan fingerprint density at radius 2 is 2.16 bits per heavy atom. The van der Waals surface area contributed by atoms with Gasteiger partial charge in [-0.05, 0) is 36.3 Å². The average molecular weight is 362 g/mol.